The van der Waals surface area contributed by atoms with E-state index < -0.39 is 23.4 Å². The lowest BCUT2D eigenvalue weighted by Crippen LogP contribution is -2.08. The molecule has 8 heteroatoms. The summed E-state index contributed by atoms with van der Waals surface area (Å²) >= 11 is 0. The second-order valence-corrected chi connectivity index (χ2v) is 4.13. The maximum Gasteiger partial charge on any atom is 0.416 e. The molecule has 0 radical (unpaired) electrons. The molecule has 0 spiro atoms. The van der Waals surface area contributed by atoms with Crippen LogP contribution in [0.2, 0.25) is 0 Å². The third kappa shape index (κ3) is 3.59. The maximum absolute atomic E-state index is 13.1. The largest absolute Gasteiger partial charge is 0.416 e. The summed E-state index contributed by atoms with van der Waals surface area (Å²) in [5.41, 5.74) is -0.824. The summed E-state index contributed by atoms with van der Waals surface area (Å²) in [5.74, 6) is -2.30. The minimum atomic E-state index is -4.54. The first-order valence-electron chi connectivity index (χ1n) is 5.78. The van der Waals surface area contributed by atoms with E-state index in [9.17, 15) is 22.0 Å². The first-order valence-corrected chi connectivity index (χ1v) is 5.78. The molecule has 0 aliphatic heterocycles. The number of pyridine rings is 1. The Morgan fingerprint density at radius 2 is 1.62 bits per heavy atom. The van der Waals surface area contributed by atoms with E-state index >= 15 is 0 Å². The van der Waals surface area contributed by atoms with Gasteiger partial charge in [0.1, 0.15) is 11.6 Å². The van der Waals surface area contributed by atoms with Crippen LogP contribution in [0.25, 0.3) is 0 Å². The molecule has 0 saturated heterocycles. The van der Waals surface area contributed by atoms with Crippen molar-refractivity contribution in [1.29, 1.82) is 0 Å². The van der Waals surface area contributed by atoms with Gasteiger partial charge in [-0.1, -0.05) is 0 Å². The normalized spacial score (nSPS) is 11.3. The number of nitrogens with one attached hydrogen (secondary N) is 2. The fourth-order valence-electron chi connectivity index (χ4n) is 1.61. The Kier molecular flexibility index (Phi) is 3.97. The standard InChI is InChI=1S/C13H10F5N3/c1-19-11-4-7(13(16,17)18)5-12(21-11)20-8-2-3-9(14)10(15)6-8/h2-6H,1H3,(H2,19,20,21). The lowest BCUT2D eigenvalue weighted by atomic mass is 10.2. The number of rotatable bonds is 3. The Hall–Kier alpha value is -2.38. The smallest absolute Gasteiger partial charge is 0.373 e. The summed E-state index contributed by atoms with van der Waals surface area (Å²) in [7, 11) is 1.42. The summed E-state index contributed by atoms with van der Waals surface area (Å²) in [6.07, 6.45) is -4.54. The minimum absolute atomic E-state index is 0.00471. The summed E-state index contributed by atoms with van der Waals surface area (Å²) in [6.45, 7) is 0. The maximum atomic E-state index is 13.1. The van der Waals surface area contributed by atoms with Gasteiger partial charge in [-0.2, -0.15) is 13.2 Å². The van der Waals surface area contributed by atoms with Crippen molar-refractivity contribution in [3.63, 3.8) is 0 Å². The zero-order chi connectivity index (χ0) is 15.6. The molecule has 0 atom stereocenters. The van der Waals surface area contributed by atoms with Gasteiger partial charge in [-0.15, -0.1) is 0 Å². The Labute approximate surface area is 116 Å². The molecule has 2 rings (SSSR count). The molecule has 0 aliphatic carbocycles. The van der Waals surface area contributed by atoms with Gasteiger partial charge in [-0.3, -0.25) is 0 Å². The third-order valence-electron chi connectivity index (χ3n) is 2.60. The molecule has 0 aliphatic rings. The van der Waals surface area contributed by atoms with Gasteiger partial charge in [0.05, 0.1) is 5.56 Å². The molecule has 2 N–H and O–H groups in total. The zero-order valence-corrected chi connectivity index (χ0v) is 10.7. The first-order chi connectivity index (χ1) is 9.79. The monoisotopic (exact) mass is 303 g/mol. The van der Waals surface area contributed by atoms with Crippen molar-refractivity contribution in [3.05, 3.63) is 47.5 Å². The van der Waals surface area contributed by atoms with Crippen LogP contribution >= 0.6 is 0 Å². The van der Waals surface area contributed by atoms with E-state index in [0.717, 1.165) is 24.3 Å². The van der Waals surface area contributed by atoms with E-state index in [-0.39, 0.29) is 17.3 Å². The van der Waals surface area contributed by atoms with E-state index in [1.54, 1.807) is 0 Å². The number of halogens is 5. The van der Waals surface area contributed by atoms with Gasteiger partial charge in [0.15, 0.2) is 11.6 Å². The van der Waals surface area contributed by atoms with Crippen molar-refractivity contribution in [2.75, 3.05) is 17.7 Å². The molecule has 0 fully saturated rings. The number of benzene rings is 1. The SMILES string of the molecule is CNc1cc(C(F)(F)F)cc(Nc2ccc(F)c(F)c2)n1. The van der Waals surface area contributed by atoms with Crippen LogP contribution in [0.3, 0.4) is 0 Å². The minimum Gasteiger partial charge on any atom is -0.373 e. The molecule has 0 unspecified atom stereocenters. The molecule has 2 aromatic rings. The summed E-state index contributed by atoms with van der Waals surface area (Å²) in [5, 5.41) is 5.00. The van der Waals surface area contributed by atoms with Crippen LogP contribution in [0.15, 0.2) is 30.3 Å². The fourth-order valence-corrected chi connectivity index (χ4v) is 1.61. The van der Waals surface area contributed by atoms with Gasteiger partial charge in [0, 0.05) is 18.8 Å². The van der Waals surface area contributed by atoms with E-state index in [4.69, 9.17) is 0 Å². The lowest BCUT2D eigenvalue weighted by Gasteiger charge is -2.12. The average Bonchev–Trinajstić information content (AvgIpc) is 2.41. The zero-order valence-electron chi connectivity index (χ0n) is 10.7. The van der Waals surface area contributed by atoms with E-state index in [1.807, 2.05) is 0 Å². The number of hydrogen-bond donors (Lipinski definition) is 2. The van der Waals surface area contributed by atoms with Crippen LogP contribution < -0.4 is 10.6 Å². The van der Waals surface area contributed by atoms with Crippen LogP contribution in [-0.4, -0.2) is 12.0 Å². The predicted molar refractivity (Wildman–Crippen MR) is 68.4 cm³/mol. The number of anilines is 3. The van der Waals surface area contributed by atoms with E-state index in [2.05, 4.69) is 15.6 Å². The quantitative estimate of drug-likeness (QED) is 0.836. The van der Waals surface area contributed by atoms with Crippen molar-refractivity contribution in [3.8, 4) is 0 Å². The van der Waals surface area contributed by atoms with Crippen molar-refractivity contribution >= 4 is 17.3 Å². The van der Waals surface area contributed by atoms with Crippen molar-refractivity contribution in [1.82, 2.24) is 4.98 Å². The molecule has 0 bridgehead atoms. The number of hydrogen-bond acceptors (Lipinski definition) is 3. The summed E-state index contributed by atoms with van der Waals surface area (Å²) in [4.78, 5) is 3.87. The van der Waals surface area contributed by atoms with E-state index in [1.165, 1.54) is 13.1 Å². The Morgan fingerprint density at radius 1 is 0.952 bits per heavy atom. The highest BCUT2D eigenvalue weighted by molar-refractivity contribution is 5.59. The summed E-state index contributed by atoms with van der Waals surface area (Å²) in [6, 6.07) is 4.51. The van der Waals surface area contributed by atoms with Crippen LogP contribution in [-0.2, 0) is 6.18 Å². The molecule has 112 valence electrons. The molecular weight excluding hydrogens is 293 g/mol. The van der Waals surface area contributed by atoms with Crippen molar-refractivity contribution < 1.29 is 22.0 Å². The van der Waals surface area contributed by atoms with Gasteiger partial charge in [0.25, 0.3) is 0 Å². The molecule has 0 amide bonds. The second kappa shape index (κ2) is 5.55. The highest BCUT2D eigenvalue weighted by Gasteiger charge is 2.31. The second-order valence-electron chi connectivity index (χ2n) is 4.13. The topological polar surface area (TPSA) is 37.0 Å². The van der Waals surface area contributed by atoms with Gasteiger partial charge in [0.2, 0.25) is 0 Å². The molecular formula is C13H10F5N3. The molecule has 1 heterocycles. The average molecular weight is 303 g/mol. The van der Waals surface area contributed by atoms with Gasteiger partial charge >= 0.3 is 6.18 Å². The number of nitrogens with zero attached hydrogens (tertiary/aromatic N) is 1. The Balaban J connectivity index is 2.36. The third-order valence-corrected chi connectivity index (χ3v) is 2.60. The van der Waals surface area contributed by atoms with Crippen LogP contribution in [0.4, 0.5) is 39.3 Å². The predicted octanol–water partition coefficient (Wildman–Crippen LogP) is 4.16. The van der Waals surface area contributed by atoms with Crippen molar-refractivity contribution in [2.45, 2.75) is 6.18 Å². The Morgan fingerprint density at radius 3 is 2.19 bits per heavy atom. The highest BCUT2D eigenvalue weighted by Crippen LogP contribution is 2.32. The van der Waals surface area contributed by atoms with Crippen LogP contribution in [0, 0.1) is 11.6 Å². The number of alkyl halides is 3. The summed E-state index contributed by atoms with van der Waals surface area (Å²) < 4.78 is 64.1. The van der Waals surface area contributed by atoms with Crippen LogP contribution in [0.5, 0.6) is 0 Å². The van der Waals surface area contributed by atoms with E-state index in [0.29, 0.717) is 0 Å². The Bertz CT molecular complexity index is 655. The van der Waals surface area contributed by atoms with Crippen molar-refractivity contribution in [2.24, 2.45) is 0 Å². The van der Waals surface area contributed by atoms with Gasteiger partial charge in [-0.25, -0.2) is 13.8 Å². The van der Waals surface area contributed by atoms with Gasteiger partial charge in [-0.05, 0) is 24.3 Å². The van der Waals surface area contributed by atoms with Crippen LogP contribution in [0.1, 0.15) is 5.56 Å². The molecule has 1 aromatic heterocycles. The lowest BCUT2D eigenvalue weighted by molar-refractivity contribution is -0.137. The highest BCUT2D eigenvalue weighted by atomic mass is 19.4. The first kappa shape index (κ1) is 15.0. The molecule has 1 aromatic carbocycles. The van der Waals surface area contributed by atoms with Gasteiger partial charge < -0.3 is 10.6 Å². The fraction of sp³-hybridized carbons (Fsp3) is 0.154. The molecule has 21 heavy (non-hydrogen) atoms. The molecule has 0 saturated carbocycles. The number of aromatic nitrogens is 1. The molecule has 3 nitrogen and oxygen atoms in total.